The third kappa shape index (κ3) is 3.12. The van der Waals surface area contributed by atoms with Gasteiger partial charge in [-0.15, -0.1) is 0 Å². The van der Waals surface area contributed by atoms with Crippen LogP contribution in [0, 0.1) is 26.7 Å². The van der Waals surface area contributed by atoms with Crippen molar-refractivity contribution in [2.45, 2.75) is 53.5 Å². The Bertz CT molecular complexity index is 506. The lowest BCUT2D eigenvalue weighted by molar-refractivity contribution is 0.0779. The maximum Gasteiger partial charge on any atom is 0.177 e. The Morgan fingerprint density at radius 1 is 1.15 bits per heavy atom. The van der Waals surface area contributed by atoms with Gasteiger partial charge in [-0.3, -0.25) is 9.69 Å². The van der Waals surface area contributed by atoms with Crippen LogP contribution in [0.4, 0.5) is 0 Å². The summed E-state index contributed by atoms with van der Waals surface area (Å²) in [5, 5.41) is 0. The number of aryl methyl sites for hydroxylation is 3. The molecule has 0 radical (unpaired) electrons. The van der Waals surface area contributed by atoms with Gasteiger partial charge in [-0.05, 0) is 75.8 Å². The molecule has 0 N–H and O–H groups in total. The Morgan fingerprint density at radius 3 is 2.50 bits per heavy atom. The van der Waals surface area contributed by atoms with Crippen molar-refractivity contribution < 1.29 is 4.79 Å². The van der Waals surface area contributed by atoms with Crippen molar-refractivity contribution in [1.82, 2.24) is 4.90 Å². The van der Waals surface area contributed by atoms with Crippen molar-refractivity contribution in [3.8, 4) is 0 Å². The molecule has 2 atom stereocenters. The number of piperidine rings is 1. The largest absolute Gasteiger partial charge is 0.293 e. The molecular weight excluding hydrogens is 246 g/mol. The highest BCUT2D eigenvalue weighted by Crippen LogP contribution is 2.23. The van der Waals surface area contributed by atoms with Crippen LogP contribution in [0.5, 0.6) is 0 Å². The number of Topliss-reactive ketones (excluding diaryl/α,β-unsaturated/α-hetero) is 1. The minimum absolute atomic E-state index is 0.270. The second-order valence-corrected chi connectivity index (χ2v) is 6.51. The van der Waals surface area contributed by atoms with Crippen molar-refractivity contribution in [3.05, 3.63) is 34.4 Å². The summed E-state index contributed by atoms with van der Waals surface area (Å²) in [6, 6.07) is 4.70. The van der Waals surface area contributed by atoms with Gasteiger partial charge < -0.3 is 0 Å². The molecule has 1 aromatic carbocycles. The van der Waals surface area contributed by atoms with Crippen molar-refractivity contribution in [1.29, 1.82) is 0 Å². The molecule has 2 unspecified atom stereocenters. The number of hydrogen-bond donors (Lipinski definition) is 0. The molecule has 0 aliphatic carbocycles. The fourth-order valence-electron chi connectivity index (χ4n) is 3.17. The fraction of sp³-hybridized carbons (Fsp3) is 0.611. The molecule has 1 aromatic rings. The van der Waals surface area contributed by atoms with E-state index in [1.54, 1.807) is 0 Å². The van der Waals surface area contributed by atoms with E-state index in [9.17, 15) is 4.79 Å². The van der Waals surface area contributed by atoms with Crippen LogP contribution in [0.3, 0.4) is 0 Å². The highest BCUT2D eigenvalue weighted by Gasteiger charge is 2.26. The summed E-state index contributed by atoms with van der Waals surface area (Å²) < 4.78 is 0. The molecule has 20 heavy (non-hydrogen) atoms. The monoisotopic (exact) mass is 273 g/mol. The van der Waals surface area contributed by atoms with Crippen molar-refractivity contribution >= 4 is 5.78 Å². The lowest BCUT2D eigenvalue weighted by Gasteiger charge is -2.37. The maximum absolute atomic E-state index is 12.6. The van der Waals surface area contributed by atoms with Crippen LogP contribution in [0.2, 0.25) is 0 Å². The summed E-state index contributed by atoms with van der Waals surface area (Å²) in [5.41, 5.74) is 4.48. The van der Waals surface area contributed by atoms with E-state index in [2.05, 4.69) is 44.7 Å². The SMILES string of the molecule is Cc1cc(C)c(C(=O)CN2CCCC(C)C2C)cc1C. The number of nitrogens with zero attached hydrogens (tertiary/aromatic N) is 1. The zero-order valence-corrected chi connectivity index (χ0v) is 13.5. The summed E-state index contributed by atoms with van der Waals surface area (Å²) in [6.45, 7) is 12.4. The number of likely N-dealkylation sites (tertiary alicyclic amines) is 1. The van der Waals surface area contributed by atoms with Gasteiger partial charge in [0.1, 0.15) is 0 Å². The molecule has 2 nitrogen and oxygen atoms in total. The summed E-state index contributed by atoms with van der Waals surface area (Å²) in [6.07, 6.45) is 2.50. The van der Waals surface area contributed by atoms with Gasteiger partial charge in [0.05, 0.1) is 6.54 Å². The normalized spacial score (nSPS) is 23.9. The number of carbonyl (C=O) groups excluding carboxylic acids is 1. The molecule has 2 rings (SSSR count). The predicted molar refractivity (Wildman–Crippen MR) is 84.4 cm³/mol. The minimum Gasteiger partial charge on any atom is -0.293 e. The van der Waals surface area contributed by atoms with E-state index in [-0.39, 0.29) is 5.78 Å². The van der Waals surface area contributed by atoms with E-state index in [1.165, 1.54) is 24.0 Å². The summed E-state index contributed by atoms with van der Waals surface area (Å²) in [7, 11) is 0. The Labute approximate surface area is 123 Å². The van der Waals surface area contributed by atoms with E-state index in [1.807, 2.05) is 6.92 Å². The van der Waals surface area contributed by atoms with Gasteiger partial charge in [0.15, 0.2) is 5.78 Å². The molecule has 0 aromatic heterocycles. The van der Waals surface area contributed by atoms with Crippen molar-refractivity contribution in [3.63, 3.8) is 0 Å². The number of hydrogen-bond acceptors (Lipinski definition) is 2. The van der Waals surface area contributed by atoms with Crippen molar-refractivity contribution in [2.24, 2.45) is 5.92 Å². The standard InChI is InChI=1S/C18H27NO/c1-12-7-6-8-19(16(12)5)11-18(20)17-10-14(3)13(2)9-15(17)4/h9-10,12,16H,6-8,11H2,1-5H3. The Kier molecular flexibility index (Phi) is 4.64. The van der Waals surface area contributed by atoms with Crippen LogP contribution >= 0.6 is 0 Å². The average molecular weight is 273 g/mol. The minimum atomic E-state index is 0.270. The first-order chi connectivity index (χ1) is 9.40. The molecule has 1 heterocycles. The predicted octanol–water partition coefficient (Wildman–Crippen LogP) is 3.91. The highest BCUT2D eigenvalue weighted by atomic mass is 16.1. The van der Waals surface area contributed by atoms with Gasteiger partial charge in [-0.1, -0.05) is 13.0 Å². The van der Waals surface area contributed by atoms with Gasteiger partial charge in [-0.2, -0.15) is 0 Å². The molecule has 1 aliphatic rings. The van der Waals surface area contributed by atoms with Crippen LogP contribution in [-0.4, -0.2) is 29.8 Å². The molecule has 2 heteroatoms. The first-order valence-corrected chi connectivity index (χ1v) is 7.75. The molecule has 0 amide bonds. The van der Waals surface area contributed by atoms with Crippen molar-refractivity contribution in [2.75, 3.05) is 13.1 Å². The second kappa shape index (κ2) is 6.09. The molecule has 110 valence electrons. The third-order valence-electron chi connectivity index (χ3n) is 4.99. The van der Waals surface area contributed by atoms with E-state index in [4.69, 9.17) is 0 Å². The summed E-state index contributed by atoms with van der Waals surface area (Å²) >= 11 is 0. The molecule has 1 fully saturated rings. The number of rotatable bonds is 3. The number of carbonyl (C=O) groups is 1. The van der Waals surface area contributed by atoms with E-state index < -0.39 is 0 Å². The molecule has 1 saturated heterocycles. The van der Waals surface area contributed by atoms with E-state index in [0.29, 0.717) is 18.5 Å². The first kappa shape index (κ1) is 15.2. The van der Waals surface area contributed by atoms with Gasteiger partial charge in [0, 0.05) is 11.6 Å². The van der Waals surface area contributed by atoms with Gasteiger partial charge in [0.2, 0.25) is 0 Å². The maximum atomic E-state index is 12.6. The molecule has 0 saturated carbocycles. The summed E-state index contributed by atoms with van der Waals surface area (Å²) in [4.78, 5) is 15.0. The van der Waals surface area contributed by atoms with Gasteiger partial charge in [0.25, 0.3) is 0 Å². The Hall–Kier alpha value is -1.15. The van der Waals surface area contributed by atoms with Crippen LogP contribution in [0.1, 0.15) is 53.7 Å². The first-order valence-electron chi connectivity index (χ1n) is 7.75. The van der Waals surface area contributed by atoms with Crippen LogP contribution in [-0.2, 0) is 0 Å². The number of ketones is 1. The lowest BCUT2D eigenvalue weighted by atomic mass is 9.91. The third-order valence-corrected chi connectivity index (χ3v) is 4.99. The molecule has 0 bridgehead atoms. The van der Waals surface area contributed by atoms with Gasteiger partial charge in [-0.25, -0.2) is 0 Å². The van der Waals surface area contributed by atoms with E-state index >= 15 is 0 Å². The Balaban J connectivity index is 2.14. The quantitative estimate of drug-likeness (QED) is 0.778. The zero-order chi connectivity index (χ0) is 14.9. The molecular formula is C18H27NO. The summed E-state index contributed by atoms with van der Waals surface area (Å²) in [5.74, 6) is 0.962. The zero-order valence-electron chi connectivity index (χ0n) is 13.5. The van der Waals surface area contributed by atoms with Crippen LogP contribution in [0.25, 0.3) is 0 Å². The van der Waals surface area contributed by atoms with Gasteiger partial charge >= 0.3 is 0 Å². The number of benzene rings is 1. The second-order valence-electron chi connectivity index (χ2n) is 6.51. The average Bonchev–Trinajstić information content (AvgIpc) is 2.39. The fourth-order valence-corrected chi connectivity index (χ4v) is 3.17. The van der Waals surface area contributed by atoms with Crippen LogP contribution in [0.15, 0.2) is 12.1 Å². The smallest absolute Gasteiger partial charge is 0.177 e. The molecule has 0 spiro atoms. The highest BCUT2D eigenvalue weighted by molar-refractivity contribution is 5.99. The topological polar surface area (TPSA) is 20.3 Å². The van der Waals surface area contributed by atoms with E-state index in [0.717, 1.165) is 17.7 Å². The Morgan fingerprint density at radius 2 is 1.80 bits per heavy atom. The lowest BCUT2D eigenvalue weighted by Crippen LogP contribution is -2.45. The van der Waals surface area contributed by atoms with Crippen LogP contribution < -0.4 is 0 Å². The molecule has 1 aliphatic heterocycles.